The molecule has 0 aromatic carbocycles. The molecule has 2 rings (SSSR count). The molecular formula is C11H13ClN4O. The number of hydrogen-bond donors (Lipinski definition) is 1. The summed E-state index contributed by atoms with van der Waals surface area (Å²) in [4.78, 5) is 8.23. The molecule has 0 aliphatic carbocycles. The van der Waals surface area contributed by atoms with Crippen LogP contribution in [0.15, 0.2) is 10.7 Å². The summed E-state index contributed by atoms with van der Waals surface area (Å²) in [6.07, 6.45) is 1.58. The van der Waals surface area contributed by atoms with Gasteiger partial charge in [-0.2, -0.15) is 0 Å². The monoisotopic (exact) mass is 252 g/mol. The van der Waals surface area contributed by atoms with Crippen LogP contribution in [0.25, 0.3) is 0 Å². The smallest absolute Gasteiger partial charge is 0.148 e. The summed E-state index contributed by atoms with van der Waals surface area (Å²) in [6.45, 7) is 6.18. The number of halogens is 1. The molecular weight excluding hydrogens is 240 g/mol. The Labute approximate surface area is 104 Å². The number of anilines is 1. The van der Waals surface area contributed by atoms with Crippen molar-refractivity contribution in [1.29, 1.82) is 0 Å². The van der Waals surface area contributed by atoms with E-state index < -0.39 is 0 Å². The maximum atomic E-state index is 5.99. The van der Waals surface area contributed by atoms with Crippen LogP contribution in [0.4, 0.5) is 5.82 Å². The second kappa shape index (κ2) is 4.71. The van der Waals surface area contributed by atoms with Crippen LogP contribution in [0.3, 0.4) is 0 Å². The van der Waals surface area contributed by atoms with E-state index in [4.69, 9.17) is 16.1 Å². The Kier molecular flexibility index (Phi) is 3.28. The van der Waals surface area contributed by atoms with E-state index in [1.165, 1.54) is 0 Å². The van der Waals surface area contributed by atoms with Gasteiger partial charge in [-0.15, -0.1) is 0 Å². The Morgan fingerprint density at radius 2 is 2.12 bits per heavy atom. The first-order valence-electron chi connectivity index (χ1n) is 5.22. The molecule has 2 heterocycles. The minimum absolute atomic E-state index is 0.502. The molecule has 90 valence electrons. The highest BCUT2D eigenvalue weighted by Gasteiger charge is 2.10. The molecule has 0 radical (unpaired) electrons. The zero-order valence-corrected chi connectivity index (χ0v) is 10.7. The molecule has 5 nitrogen and oxygen atoms in total. The average Bonchev–Trinajstić information content (AvgIpc) is 2.61. The van der Waals surface area contributed by atoms with Gasteiger partial charge in [0.15, 0.2) is 0 Å². The van der Waals surface area contributed by atoms with E-state index in [0.29, 0.717) is 23.2 Å². The highest BCUT2D eigenvalue weighted by Crippen LogP contribution is 2.20. The third-order valence-electron chi connectivity index (χ3n) is 2.48. The van der Waals surface area contributed by atoms with E-state index in [2.05, 4.69) is 20.4 Å². The van der Waals surface area contributed by atoms with Crippen molar-refractivity contribution in [2.45, 2.75) is 27.3 Å². The molecule has 0 aliphatic rings. The first kappa shape index (κ1) is 11.9. The fourth-order valence-corrected chi connectivity index (χ4v) is 1.66. The third-order valence-corrected chi connectivity index (χ3v) is 2.75. The van der Waals surface area contributed by atoms with Gasteiger partial charge in [-0.05, 0) is 20.8 Å². The molecule has 0 saturated carbocycles. The quantitative estimate of drug-likeness (QED) is 0.910. The Bertz CT molecular complexity index is 519. The maximum absolute atomic E-state index is 5.99. The normalized spacial score (nSPS) is 10.6. The van der Waals surface area contributed by atoms with Crippen molar-refractivity contribution >= 4 is 17.4 Å². The number of hydrogen-bond acceptors (Lipinski definition) is 5. The van der Waals surface area contributed by atoms with Crippen LogP contribution in [0.2, 0.25) is 5.02 Å². The van der Waals surface area contributed by atoms with Crippen molar-refractivity contribution in [2.24, 2.45) is 0 Å². The number of aromatic nitrogens is 3. The molecule has 0 fully saturated rings. The van der Waals surface area contributed by atoms with E-state index in [-0.39, 0.29) is 0 Å². The van der Waals surface area contributed by atoms with Gasteiger partial charge in [-0.1, -0.05) is 16.8 Å². The Morgan fingerprint density at radius 3 is 2.76 bits per heavy atom. The summed E-state index contributed by atoms with van der Waals surface area (Å²) < 4.78 is 5.08. The van der Waals surface area contributed by atoms with Crippen LogP contribution in [-0.2, 0) is 6.54 Å². The lowest BCUT2D eigenvalue weighted by Crippen LogP contribution is -2.05. The van der Waals surface area contributed by atoms with Crippen LogP contribution >= 0.6 is 11.6 Å². The summed E-state index contributed by atoms with van der Waals surface area (Å²) in [5, 5.41) is 7.54. The van der Waals surface area contributed by atoms with Gasteiger partial charge in [0.05, 0.1) is 11.9 Å². The van der Waals surface area contributed by atoms with Gasteiger partial charge in [0.1, 0.15) is 22.4 Å². The van der Waals surface area contributed by atoms with Gasteiger partial charge in [0.2, 0.25) is 0 Å². The second-order valence-electron chi connectivity index (χ2n) is 3.77. The van der Waals surface area contributed by atoms with Crippen molar-refractivity contribution in [1.82, 2.24) is 15.1 Å². The number of nitrogens with zero attached hydrogens (tertiary/aromatic N) is 3. The van der Waals surface area contributed by atoms with Gasteiger partial charge >= 0.3 is 0 Å². The first-order chi connectivity index (χ1) is 8.08. The predicted molar refractivity (Wildman–Crippen MR) is 65.1 cm³/mol. The predicted octanol–water partition coefficient (Wildman–Crippen LogP) is 2.66. The van der Waals surface area contributed by atoms with Gasteiger partial charge in [0.25, 0.3) is 0 Å². The van der Waals surface area contributed by atoms with Gasteiger partial charge in [-0.25, -0.2) is 9.97 Å². The Balaban J connectivity index is 2.15. The number of aryl methyl sites for hydroxylation is 3. The van der Waals surface area contributed by atoms with Crippen molar-refractivity contribution in [2.75, 3.05) is 5.32 Å². The Hall–Kier alpha value is -1.62. The average molecular weight is 253 g/mol. The molecule has 0 saturated heterocycles. The van der Waals surface area contributed by atoms with Crippen molar-refractivity contribution < 1.29 is 4.52 Å². The van der Waals surface area contributed by atoms with Gasteiger partial charge in [0, 0.05) is 12.1 Å². The summed E-state index contributed by atoms with van der Waals surface area (Å²) >= 11 is 5.99. The molecule has 2 aromatic rings. The van der Waals surface area contributed by atoms with Crippen LogP contribution in [-0.4, -0.2) is 15.1 Å². The SMILES string of the molecule is Cc1ncc(Cl)c(NCc2c(C)noc2C)n1. The lowest BCUT2D eigenvalue weighted by molar-refractivity contribution is 0.392. The van der Waals surface area contributed by atoms with Crippen molar-refractivity contribution in [3.05, 3.63) is 34.1 Å². The molecule has 17 heavy (non-hydrogen) atoms. The lowest BCUT2D eigenvalue weighted by Gasteiger charge is -2.07. The first-order valence-corrected chi connectivity index (χ1v) is 5.60. The van der Waals surface area contributed by atoms with Crippen LogP contribution in [0, 0.1) is 20.8 Å². The largest absolute Gasteiger partial charge is 0.364 e. The van der Waals surface area contributed by atoms with Crippen LogP contribution in [0.1, 0.15) is 22.8 Å². The third kappa shape index (κ3) is 2.55. The van der Waals surface area contributed by atoms with Crippen LogP contribution < -0.4 is 5.32 Å². The molecule has 1 N–H and O–H groups in total. The molecule has 0 aliphatic heterocycles. The van der Waals surface area contributed by atoms with E-state index >= 15 is 0 Å². The summed E-state index contributed by atoms with van der Waals surface area (Å²) in [7, 11) is 0. The zero-order valence-electron chi connectivity index (χ0n) is 9.91. The van der Waals surface area contributed by atoms with E-state index in [1.807, 2.05) is 20.8 Å². The Morgan fingerprint density at radius 1 is 1.35 bits per heavy atom. The maximum Gasteiger partial charge on any atom is 0.148 e. The van der Waals surface area contributed by atoms with E-state index in [0.717, 1.165) is 17.0 Å². The number of rotatable bonds is 3. The fourth-order valence-electron chi connectivity index (χ4n) is 1.51. The fraction of sp³-hybridized carbons (Fsp3) is 0.364. The van der Waals surface area contributed by atoms with Gasteiger partial charge in [-0.3, -0.25) is 0 Å². The van der Waals surface area contributed by atoms with Crippen molar-refractivity contribution in [3.8, 4) is 0 Å². The van der Waals surface area contributed by atoms with Crippen LogP contribution in [0.5, 0.6) is 0 Å². The standard InChI is InChI=1S/C11H13ClN4O/c1-6-9(7(2)17-16-6)4-14-11-10(12)5-13-8(3)15-11/h5H,4H2,1-3H3,(H,13,14,15). The van der Waals surface area contributed by atoms with E-state index in [1.54, 1.807) is 6.20 Å². The molecule has 0 spiro atoms. The molecule has 0 atom stereocenters. The summed E-state index contributed by atoms with van der Waals surface area (Å²) in [6, 6.07) is 0. The summed E-state index contributed by atoms with van der Waals surface area (Å²) in [5.41, 5.74) is 1.90. The molecule has 2 aromatic heterocycles. The minimum Gasteiger partial charge on any atom is -0.364 e. The lowest BCUT2D eigenvalue weighted by atomic mass is 10.2. The minimum atomic E-state index is 0.502. The summed E-state index contributed by atoms with van der Waals surface area (Å²) in [5.74, 6) is 2.10. The molecule has 6 heteroatoms. The number of nitrogens with one attached hydrogen (secondary N) is 1. The van der Waals surface area contributed by atoms with E-state index in [9.17, 15) is 0 Å². The molecule has 0 bridgehead atoms. The topological polar surface area (TPSA) is 63.8 Å². The molecule has 0 unspecified atom stereocenters. The highest BCUT2D eigenvalue weighted by molar-refractivity contribution is 6.32. The zero-order chi connectivity index (χ0) is 12.4. The second-order valence-corrected chi connectivity index (χ2v) is 4.18. The highest BCUT2D eigenvalue weighted by atomic mass is 35.5. The molecule has 0 amide bonds. The van der Waals surface area contributed by atoms with Gasteiger partial charge < -0.3 is 9.84 Å². The van der Waals surface area contributed by atoms with Crippen molar-refractivity contribution in [3.63, 3.8) is 0 Å².